The zero-order valence-corrected chi connectivity index (χ0v) is 9.32. The fraction of sp³-hybridized carbons (Fsp3) is 1.00. The highest BCUT2D eigenvalue weighted by atomic mass is 16.5. The maximum Gasteiger partial charge on any atom is 0.123 e. The van der Waals surface area contributed by atoms with Crippen molar-refractivity contribution in [2.45, 2.75) is 26.3 Å². The van der Waals surface area contributed by atoms with Crippen LogP contribution in [0.5, 0.6) is 0 Å². The molecule has 0 aromatic rings. The first-order valence-electron chi connectivity index (χ1n) is 4.65. The molecule has 13 heavy (non-hydrogen) atoms. The Labute approximate surface area is 81.1 Å². The molecule has 0 spiro atoms. The summed E-state index contributed by atoms with van der Waals surface area (Å²) in [7, 11) is 5.81. The van der Waals surface area contributed by atoms with E-state index in [9.17, 15) is 5.11 Å². The maximum atomic E-state index is 9.27. The topological polar surface area (TPSA) is 35.9 Å². The predicted molar refractivity (Wildman–Crippen MR) is 53.4 cm³/mol. The Morgan fingerprint density at radius 3 is 2.15 bits per heavy atom. The van der Waals surface area contributed by atoms with Crippen molar-refractivity contribution < 1.29 is 9.84 Å². The van der Waals surface area contributed by atoms with Crippen molar-refractivity contribution in [1.29, 1.82) is 0 Å². The Bertz CT molecular complexity index is 129. The van der Waals surface area contributed by atoms with Crippen LogP contribution in [0, 0.1) is 0 Å². The minimum atomic E-state index is -0.428. The van der Waals surface area contributed by atoms with Gasteiger partial charge in [0.2, 0.25) is 0 Å². The summed E-state index contributed by atoms with van der Waals surface area (Å²) in [5.41, 5.74) is 0. The lowest BCUT2D eigenvalue weighted by Crippen LogP contribution is -2.43. The van der Waals surface area contributed by atoms with Crippen molar-refractivity contribution in [3.8, 4) is 0 Å². The first kappa shape index (κ1) is 12.8. The van der Waals surface area contributed by atoms with Crippen molar-refractivity contribution in [2.75, 3.05) is 34.3 Å². The molecule has 0 radical (unpaired) electrons. The number of nitrogens with zero attached hydrogens (tertiary/aromatic N) is 2. The third-order valence-corrected chi connectivity index (χ3v) is 2.02. The second kappa shape index (κ2) is 6.32. The molecular weight excluding hydrogens is 168 g/mol. The van der Waals surface area contributed by atoms with E-state index in [0.29, 0.717) is 13.2 Å². The van der Waals surface area contributed by atoms with Gasteiger partial charge in [-0.2, -0.15) is 0 Å². The molecule has 0 aliphatic rings. The number of rotatable bonds is 6. The van der Waals surface area contributed by atoms with Gasteiger partial charge in [0.25, 0.3) is 0 Å². The van der Waals surface area contributed by atoms with Crippen molar-refractivity contribution in [3.05, 3.63) is 0 Å². The molecule has 1 N–H and O–H groups in total. The maximum absolute atomic E-state index is 9.27. The third-order valence-electron chi connectivity index (χ3n) is 2.02. The quantitative estimate of drug-likeness (QED) is 0.606. The highest BCUT2D eigenvalue weighted by Gasteiger charge is 2.15. The number of hydrogen-bond acceptors (Lipinski definition) is 4. The fourth-order valence-electron chi connectivity index (χ4n) is 0.956. The molecule has 0 fully saturated rings. The van der Waals surface area contributed by atoms with E-state index in [4.69, 9.17) is 4.74 Å². The van der Waals surface area contributed by atoms with Crippen LogP contribution in [0.25, 0.3) is 0 Å². The standard InChI is InChI=1S/C9H22N2O2/c1-6-13-9(10(3)4)7-11(5)8(2)12/h8-9,12H,6-7H2,1-5H3. The molecule has 0 amide bonds. The minimum Gasteiger partial charge on any atom is -0.379 e. The molecular formula is C9H22N2O2. The predicted octanol–water partition coefficient (Wildman–Crippen LogP) is 0.181. The zero-order valence-electron chi connectivity index (χ0n) is 9.32. The highest BCUT2D eigenvalue weighted by Crippen LogP contribution is 2.00. The molecule has 2 unspecified atom stereocenters. The van der Waals surface area contributed by atoms with E-state index in [-0.39, 0.29) is 6.23 Å². The van der Waals surface area contributed by atoms with Crippen molar-refractivity contribution in [2.24, 2.45) is 0 Å². The monoisotopic (exact) mass is 190 g/mol. The Balaban J connectivity index is 3.94. The van der Waals surface area contributed by atoms with Crippen LogP contribution in [0.1, 0.15) is 13.8 Å². The average molecular weight is 190 g/mol. The molecule has 4 heteroatoms. The zero-order chi connectivity index (χ0) is 10.4. The number of aliphatic hydroxyl groups excluding tert-OH is 1. The Kier molecular flexibility index (Phi) is 6.24. The Morgan fingerprint density at radius 1 is 1.31 bits per heavy atom. The second-order valence-corrected chi connectivity index (χ2v) is 3.45. The van der Waals surface area contributed by atoms with E-state index in [1.165, 1.54) is 0 Å². The Hall–Kier alpha value is -0.160. The van der Waals surface area contributed by atoms with E-state index in [2.05, 4.69) is 0 Å². The molecule has 0 aromatic carbocycles. The molecule has 4 nitrogen and oxygen atoms in total. The van der Waals surface area contributed by atoms with Crippen LogP contribution in [0.2, 0.25) is 0 Å². The van der Waals surface area contributed by atoms with Crippen LogP contribution in [0.15, 0.2) is 0 Å². The highest BCUT2D eigenvalue weighted by molar-refractivity contribution is 4.61. The molecule has 0 aliphatic carbocycles. The smallest absolute Gasteiger partial charge is 0.123 e. The summed E-state index contributed by atoms with van der Waals surface area (Å²) in [5.74, 6) is 0. The lowest BCUT2D eigenvalue weighted by molar-refractivity contribution is -0.0729. The van der Waals surface area contributed by atoms with Gasteiger partial charge >= 0.3 is 0 Å². The summed E-state index contributed by atoms with van der Waals surface area (Å²) >= 11 is 0. The summed E-state index contributed by atoms with van der Waals surface area (Å²) in [6, 6.07) is 0. The van der Waals surface area contributed by atoms with Gasteiger partial charge in [-0.3, -0.25) is 9.80 Å². The number of hydrogen-bond donors (Lipinski definition) is 1. The van der Waals surface area contributed by atoms with Crippen molar-refractivity contribution in [1.82, 2.24) is 9.80 Å². The van der Waals surface area contributed by atoms with Crippen LogP contribution >= 0.6 is 0 Å². The molecule has 0 bridgehead atoms. The average Bonchev–Trinajstić information content (AvgIpc) is 2.03. The Morgan fingerprint density at radius 2 is 1.85 bits per heavy atom. The number of aliphatic hydroxyl groups is 1. The second-order valence-electron chi connectivity index (χ2n) is 3.45. The van der Waals surface area contributed by atoms with Gasteiger partial charge in [0, 0.05) is 13.2 Å². The summed E-state index contributed by atoms with van der Waals surface area (Å²) in [4.78, 5) is 3.85. The van der Waals surface area contributed by atoms with Crippen LogP contribution < -0.4 is 0 Å². The third kappa shape index (κ3) is 5.21. The molecule has 2 atom stereocenters. The van der Waals surface area contributed by atoms with E-state index < -0.39 is 6.23 Å². The SMILES string of the molecule is CCOC(CN(C)C(C)O)N(C)C. The van der Waals surface area contributed by atoms with Crippen LogP contribution in [-0.2, 0) is 4.74 Å². The summed E-state index contributed by atoms with van der Waals surface area (Å²) in [5, 5.41) is 9.27. The van der Waals surface area contributed by atoms with E-state index >= 15 is 0 Å². The van der Waals surface area contributed by atoms with Crippen molar-refractivity contribution >= 4 is 0 Å². The minimum absolute atomic E-state index is 0.0459. The van der Waals surface area contributed by atoms with Gasteiger partial charge in [0.1, 0.15) is 12.5 Å². The lowest BCUT2D eigenvalue weighted by Gasteiger charge is -2.29. The lowest BCUT2D eigenvalue weighted by atomic mass is 10.4. The van der Waals surface area contributed by atoms with Gasteiger partial charge in [-0.1, -0.05) is 0 Å². The van der Waals surface area contributed by atoms with Gasteiger partial charge in [-0.25, -0.2) is 0 Å². The first-order chi connectivity index (χ1) is 5.99. The van der Waals surface area contributed by atoms with Gasteiger partial charge in [0.15, 0.2) is 0 Å². The van der Waals surface area contributed by atoms with Crippen LogP contribution in [-0.4, -0.2) is 61.7 Å². The summed E-state index contributed by atoms with van der Waals surface area (Å²) < 4.78 is 5.50. The van der Waals surface area contributed by atoms with E-state index in [1.54, 1.807) is 6.92 Å². The molecule has 0 heterocycles. The number of ether oxygens (including phenoxy) is 1. The first-order valence-corrected chi connectivity index (χ1v) is 4.65. The summed E-state index contributed by atoms with van der Waals surface area (Å²) in [6.07, 6.45) is -0.382. The molecule has 0 aromatic heterocycles. The molecule has 0 rings (SSSR count). The normalized spacial score (nSPS) is 16.6. The molecule has 0 saturated heterocycles. The van der Waals surface area contributed by atoms with E-state index in [0.717, 1.165) is 0 Å². The fourth-order valence-corrected chi connectivity index (χ4v) is 0.956. The molecule has 80 valence electrons. The van der Waals surface area contributed by atoms with Crippen LogP contribution in [0.3, 0.4) is 0 Å². The van der Waals surface area contributed by atoms with Gasteiger partial charge in [0.05, 0.1) is 0 Å². The van der Waals surface area contributed by atoms with Gasteiger partial charge in [-0.05, 0) is 35.0 Å². The number of likely N-dealkylation sites (N-methyl/N-ethyl adjacent to an activating group) is 2. The van der Waals surface area contributed by atoms with Crippen LogP contribution in [0.4, 0.5) is 0 Å². The van der Waals surface area contributed by atoms with E-state index in [1.807, 2.05) is 37.9 Å². The molecule has 0 saturated carbocycles. The van der Waals surface area contributed by atoms with Gasteiger partial charge < -0.3 is 9.84 Å². The van der Waals surface area contributed by atoms with Gasteiger partial charge in [-0.15, -0.1) is 0 Å². The largest absolute Gasteiger partial charge is 0.379 e. The van der Waals surface area contributed by atoms with Crippen molar-refractivity contribution in [3.63, 3.8) is 0 Å². The molecule has 0 aliphatic heterocycles. The summed E-state index contributed by atoms with van der Waals surface area (Å²) in [6.45, 7) is 5.12.